The molecule has 4 rings (SSSR count). The highest BCUT2D eigenvalue weighted by atomic mass is 16.5. The first kappa shape index (κ1) is 18.6. The first-order chi connectivity index (χ1) is 14.3. The highest BCUT2D eigenvalue weighted by molar-refractivity contribution is 5.61. The van der Waals surface area contributed by atoms with Crippen molar-refractivity contribution in [2.75, 3.05) is 11.9 Å². The predicted octanol–water partition coefficient (Wildman–Crippen LogP) is 5.29. The highest BCUT2D eigenvalue weighted by Crippen LogP contribution is 2.25. The summed E-state index contributed by atoms with van der Waals surface area (Å²) in [5.41, 5.74) is 3.95. The van der Waals surface area contributed by atoms with Crippen molar-refractivity contribution in [3.63, 3.8) is 0 Å². The van der Waals surface area contributed by atoms with Gasteiger partial charge in [0.25, 0.3) is 0 Å². The van der Waals surface area contributed by atoms with Gasteiger partial charge in [-0.3, -0.25) is 4.98 Å². The van der Waals surface area contributed by atoms with Gasteiger partial charge in [-0.2, -0.15) is 0 Å². The number of nitrogens with one attached hydrogen (secondary N) is 1. The zero-order chi connectivity index (χ0) is 19.9. The average molecular weight is 382 g/mol. The van der Waals surface area contributed by atoms with Gasteiger partial charge in [-0.1, -0.05) is 36.4 Å². The minimum absolute atomic E-state index is 0.734. The number of hydrogen-bond acceptors (Lipinski definition) is 5. The molecular weight excluding hydrogens is 360 g/mol. The number of rotatable bonds is 7. The summed E-state index contributed by atoms with van der Waals surface area (Å²) in [5.74, 6) is 2.49. The third kappa shape index (κ3) is 4.96. The summed E-state index contributed by atoms with van der Waals surface area (Å²) in [6, 6.07) is 23.9. The molecule has 29 heavy (non-hydrogen) atoms. The summed E-state index contributed by atoms with van der Waals surface area (Å²) in [6.07, 6.45) is 4.22. The van der Waals surface area contributed by atoms with Crippen LogP contribution in [0, 0.1) is 6.92 Å². The fourth-order valence-corrected chi connectivity index (χ4v) is 2.98. The van der Waals surface area contributed by atoms with E-state index >= 15 is 0 Å². The molecule has 0 aliphatic carbocycles. The molecule has 0 amide bonds. The standard InChI is InChI=1S/C24H22N4O/c1-18-11-12-20(16-26-18)22-15-24(28-17-27-22)25-14-13-19-7-5-6-10-23(19)29-21-8-3-2-4-9-21/h2-12,15-17H,13-14H2,1H3,(H,25,27,28). The molecule has 0 spiro atoms. The van der Waals surface area contributed by atoms with E-state index in [1.54, 1.807) is 6.33 Å². The van der Waals surface area contributed by atoms with E-state index in [1.165, 1.54) is 0 Å². The summed E-state index contributed by atoms with van der Waals surface area (Å²) in [7, 11) is 0. The minimum Gasteiger partial charge on any atom is -0.457 e. The van der Waals surface area contributed by atoms with Crippen LogP contribution in [0.3, 0.4) is 0 Å². The molecule has 0 fully saturated rings. The van der Waals surface area contributed by atoms with Crippen molar-refractivity contribution in [1.82, 2.24) is 15.0 Å². The molecule has 0 bridgehead atoms. The van der Waals surface area contributed by atoms with Gasteiger partial charge in [0.1, 0.15) is 23.6 Å². The molecule has 0 aliphatic rings. The van der Waals surface area contributed by atoms with Crippen LogP contribution in [0.1, 0.15) is 11.3 Å². The fraction of sp³-hybridized carbons (Fsp3) is 0.125. The Hall–Kier alpha value is -3.73. The molecular formula is C24H22N4O. The third-order valence-electron chi connectivity index (χ3n) is 4.52. The van der Waals surface area contributed by atoms with Crippen LogP contribution in [0.15, 0.2) is 85.3 Å². The molecule has 144 valence electrons. The Morgan fingerprint density at radius 2 is 1.69 bits per heavy atom. The van der Waals surface area contributed by atoms with Gasteiger partial charge in [-0.25, -0.2) is 9.97 Å². The lowest BCUT2D eigenvalue weighted by Gasteiger charge is -2.12. The van der Waals surface area contributed by atoms with Crippen LogP contribution in [0.5, 0.6) is 11.5 Å². The Morgan fingerprint density at radius 3 is 2.52 bits per heavy atom. The second-order valence-corrected chi connectivity index (χ2v) is 6.68. The van der Waals surface area contributed by atoms with Crippen LogP contribution in [0.25, 0.3) is 11.3 Å². The quantitative estimate of drug-likeness (QED) is 0.470. The smallest absolute Gasteiger partial charge is 0.130 e. The number of aromatic nitrogens is 3. The Labute approximate surface area is 170 Å². The molecule has 0 unspecified atom stereocenters. The van der Waals surface area contributed by atoms with E-state index in [4.69, 9.17) is 4.74 Å². The summed E-state index contributed by atoms with van der Waals surface area (Å²) in [5, 5.41) is 3.38. The highest BCUT2D eigenvalue weighted by Gasteiger charge is 2.06. The second-order valence-electron chi connectivity index (χ2n) is 6.68. The van der Waals surface area contributed by atoms with Crippen LogP contribution >= 0.6 is 0 Å². The first-order valence-corrected chi connectivity index (χ1v) is 9.58. The number of para-hydroxylation sites is 2. The van der Waals surface area contributed by atoms with Crippen LogP contribution in [-0.2, 0) is 6.42 Å². The van der Waals surface area contributed by atoms with E-state index in [0.29, 0.717) is 0 Å². The van der Waals surface area contributed by atoms with Gasteiger partial charge in [0.2, 0.25) is 0 Å². The Kier molecular flexibility index (Phi) is 5.76. The summed E-state index contributed by atoms with van der Waals surface area (Å²) in [6.45, 7) is 2.70. The number of ether oxygens (including phenoxy) is 1. The molecule has 4 aromatic rings. The van der Waals surface area contributed by atoms with Crippen LogP contribution in [0.4, 0.5) is 5.82 Å². The number of hydrogen-bond donors (Lipinski definition) is 1. The van der Waals surface area contributed by atoms with E-state index in [-0.39, 0.29) is 0 Å². The van der Waals surface area contributed by atoms with Gasteiger partial charge in [-0.05, 0) is 49.2 Å². The van der Waals surface area contributed by atoms with E-state index in [2.05, 4.69) is 26.3 Å². The third-order valence-corrected chi connectivity index (χ3v) is 4.52. The molecule has 2 aromatic heterocycles. The summed E-state index contributed by atoms with van der Waals surface area (Å²) >= 11 is 0. The van der Waals surface area contributed by atoms with Gasteiger partial charge in [0.05, 0.1) is 5.69 Å². The molecule has 1 N–H and O–H groups in total. The molecule has 2 heterocycles. The zero-order valence-electron chi connectivity index (χ0n) is 16.2. The number of nitrogens with zero attached hydrogens (tertiary/aromatic N) is 3. The lowest BCUT2D eigenvalue weighted by atomic mass is 10.1. The van der Waals surface area contributed by atoms with Crippen molar-refractivity contribution >= 4 is 5.82 Å². The Morgan fingerprint density at radius 1 is 0.862 bits per heavy atom. The number of anilines is 1. The molecule has 0 saturated carbocycles. The van der Waals surface area contributed by atoms with Crippen molar-refractivity contribution in [2.45, 2.75) is 13.3 Å². The molecule has 5 heteroatoms. The zero-order valence-corrected chi connectivity index (χ0v) is 16.2. The van der Waals surface area contributed by atoms with Gasteiger partial charge in [-0.15, -0.1) is 0 Å². The van der Waals surface area contributed by atoms with Crippen molar-refractivity contribution in [1.29, 1.82) is 0 Å². The molecule has 0 atom stereocenters. The largest absolute Gasteiger partial charge is 0.457 e. The Balaban J connectivity index is 1.41. The molecule has 5 nitrogen and oxygen atoms in total. The van der Waals surface area contributed by atoms with E-state index in [1.807, 2.05) is 79.9 Å². The Bertz CT molecular complexity index is 1070. The fourth-order valence-electron chi connectivity index (χ4n) is 2.98. The monoisotopic (exact) mass is 382 g/mol. The van der Waals surface area contributed by atoms with E-state index in [0.717, 1.165) is 52.8 Å². The number of benzene rings is 2. The normalized spacial score (nSPS) is 10.5. The lowest BCUT2D eigenvalue weighted by molar-refractivity contribution is 0.476. The minimum atomic E-state index is 0.734. The maximum atomic E-state index is 6.04. The van der Waals surface area contributed by atoms with Crippen LogP contribution < -0.4 is 10.1 Å². The SMILES string of the molecule is Cc1ccc(-c2cc(NCCc3ccccc3Oc3ccccc3)ncn2)cn1. The summed E-state index contributed by atoms with van der Waals surface area (Å²) in [4.78, 5) is 13.0. The van der Waals surface area contributed by atoms with Gasteiger partial charge < -0.3 is 10.1 Å². The van der Waals surface area contributed by atoms with Crippen molar-refractivity contribution < 1.29 is 4.74 Å². The predicted molar refractivity (Wildman–Crippen MR) is 115 cm³/mol. The molecule has 0 radical (unpaired) electrons. The second kappa shape index (κ2) is 8.97. The lowest BCUT2D eigenvalue weighted by Crippen LogP contribution is -2.07. The number of aryl methyl sites for hydroxylation is 1. The van der Waals surface area contributed by atoms with Gasteiger partial charge >= 0.3 is 0 Å². The van der Waals surface area contributed by atoms with E-state index < -0.39 is 0 Å². The molecule has 0 aliphatic heterocycles. The van der Waals surface area contributed by atoms with Crippen molar-refractivity contribution in [3.8, 4) is 22.8 Å². The van der Waals surface area contributed by atoms with Crippen LogP contribution in [-0.4, -0.2) is 21.5 Å². The molecule has 0 saturated heterocycles. The van der Waals surface area contributed by atoms with Gasteiger partial charge in [0.15, 0.2) is 0 Å². The molecule has 2 aromatic carbocycles. The summed E-state index contributed by atoms with van der Waals surface area (Å²) < 4.78 is 6.04. The van der Waals surface area contributed by atoms with Crippen molar-refractivity contribution in [2.24, 2.45) is 0 Å². The average Bonchev–Trinajstić information content (AvgIpc) is 2.76. The maximum Gasteiger partial charge on any atom is 0.130 e. The number of pyridine rings is 1. The first-order valence-electron chi connectivity index (χ1n) is 9.58. The van der Waals surface area contributed by atoms with E-state index in [9.17, 15) is 0 Å². The van der Waals surface area contributed by atoms with Crippen molar-refractivity contribution in [3.05, 3.63) is 96.6 Å². The maximum absolute atomic E-state index is 6.04. The van der Waals surface area contributed by atoms with Crippen LogP contribution in [0.2, 0.25) is 0 Å². The van der Waals surface area contributed by atoms with Gasteiger partial charge in [0, 0.05) is 30.1 Å². The topological polar surface area (TPSA) is 59.9 Å².